The molecule has 1 saturated heterocycles. The highest BCUT2D eigenvalue weighted by atomic mass is 35.5. The molecule has 5 nitrogen and oxygen atoms in total. The van der Waals surface area contributed by atoms with Crippen molar-refractivity contribution in [2.24, 2.45) is 5.92 Å². The van der Waals surface area contributed by atoms with E-state index >= 15 is 0 Å². The first-order valence-electron chi connectivity index (χ1n) is 6.28. The first-order chi connectivity index (χ1) is 9.52. The van der Waals surface area contributed by atoms with Crippen LogP contribution in [0, 0.1) is 5.92 Å². The fourth-order valence-corrected chi connectivity index (χ4v) is 2.65. The molecule has 1 aromatic carbocycles. The number of hydrogen-bond acceptors (Lipinski definition) is 3. The van der Waals surface area contributed by atoms with Gasteiger partial charge in [-0.05, 0) is 17.7 Å². The van der Waals surface area contributed by atoms with Crippen LogP contribution in [0.3, 0.4) is 0 Å². The lowest BCUT2D eigenvalue weighted by Crippen LogP contribution is -2.32. The van der Waals surface area contributed by atoms with Crippen LogP contribution in [0.25, 0.3) is 0 Å². The highest BCUT2D eigenvalue weighted by Crippen LogP contribution is 2.33. The Labute approximate surface area is 122 Å². The maximum Gasteiger partial charge on any atom is 0.308 e. The number of carboxylic acid groups (broad SMARTS) is 1. The van der Waals surface area contributed by atoms with Crippen LogP contribution in [0.4, 0.5) is 0 Å². The van der Waals surface area contributed by atoms with Crippen LogP contribution >= 0.6 is 11.6 Å². The zero-order chi connectivity index (χ0) is 14.7. The standard InChI is InChI=1S/C14H16ClNO4/c1-20-8-13(17)16-6-11(12(7-16)14(18)19)9-2-4-10(15)5-3-9/h2-5,11-12H,6-8H2,1H3,(H,18,19)/t11-,12+/m0/s1. The molecule has 1 amide bonds. The second kappa shape index (κ2) is 6.24. The summed E-state index contributed by atoms with van der Waals surface area (Å²) in [5.41, 5.74) is 0.884. The predicted molar refractivity (Wildman–Crippen MR) is 73.8 cm³/mol. The molecular weight excluding hydrogens is 282 g/mol. The summed E-state index contributed by atoms with van der Waals surface area (Å²) in [5, 5.41) is 9.94. The molecule has 1 heterocycles. The maximum absolute atomic E-state index is 11.8. The Balaban J connectivity index is 2.19. The third-order valence-corrected chi connectivity index (χ3v) is 3.81. The largest absolute Gasteiger partial charge is 0.481 e. The number of halogens is 1. The van der Waals surface area contributed by atoms with E-state index in [1.165, 1.54) is 7.11 Å². The van der Waals surface area contributed by atoms with Gasteiger partial charge >= 0.3 is 5.97 Å². The summed E-state index contributed by atoms with van der Waals surface area (Å²) in [6, 6.07) is 7.09. The van der Waals surface area contributed by atoms with Gasteiger partial charge in [0, 0.05) is 31.1 Å². The SMILES string of the molecule is COCC(=O)N1C[C@@H](C(=O)O)[C@H](c2ccc(Cl)cc2)C1. The fourth-order valence-electron chi connectivity index (χ4n) is 2.52. The number of methoxy groups -OCH3 is 1. The van der Waals surface area contributed by atoms with Gasteiger partial charge < -0.3 is 14.7 Å². The number of carboxylic acids is 1. The molecule has 1 aromatic rings. The van der Waals surface area contributed by atoms with Crippen molar-refractivity contribution in [1.29, 1.82) is 0 Å². The number of ether oxygens (including phenoxy) is 1. The summed E-state index contributed by atoms with van der Waals surface area (Å²) >= 11 is 5.84. The third-order valence-electron chi connectivity index (χ3n) is 3.56. The molecule has 2 rings (SSSR count). The Morgan fingerprint density at radius 1 is 1.35 bits per heavy atom. The molecule has 108 valence electrons. The van der Waals surface area contributed by atoms with Gasteiger partial charge in [0.1, 0.15) is 6.61 Å². The van der Waals surface area contributed by atoms with Gasteiger partial charge in [0.25, 0.3) is 0 Å². The summed E-state index contributed by atoms with van der Waals surface area (Å²) in [6.45, 7) is 0.575. The van der Waals surface area contributed by atoms with E-state index in [4.69, 9.17) is 16.3 Å². The van der Waals surface area contributed by atoms with E-state index in [1.54, 1.807) is 17.0 Å². The highest BCUT2D eigenvalue weighted by Gasteiger charge is 2.40. The van der Waals surface area contributed by atoms with E-state index in [2.05, 4.69) is 0 Å². The van der Waals surface area contributed by atoms with E-state index in [9.17, 15) is 14.7 Å². The van der Waals surface area contributed by atoms with Crippen LogP contribution in [-0.4, -0.2) is 48.7 Å². The molecule has 0 radical (unpaired) electrons. The van der Waals surface area contributed by atoms with Crippen LogP contribution in [0.15, 0.2) is 24.3 Å². The van der Waals surface area contributed by atoms with Gasteiger partial charge in [0.05, 0.1) is 5.92 Å². The zero-order valence-corrected chi connectivity index (χ0v) is 11.8. The van der Waals surface area contributed by atoms with Gasteiger partial charge in [-0.15, -0.1) is 0 Å². The Hall–Kier alpha value is -1.59. The number of benzene rings is 1. The number of carbonyl (C=O) groups is 2. The number of carbonyl (C=O) groups excluding carboxylic acids is 1. The molecule has 1 aliphatic heterocycles. The van der Waals surface area contributed by atoms with Crippen molar-refractivity contribution in [3.63, 3.8) is 0 Å². The third kappa shape index (κ3) is 3.11. The summed E-state index contributed by atoms with van der Waals surface area (Å²) in [5.74, 6) is -1.89. The normalized spacial score (nSPS) is 22.0. The zero-order valence-electron chi connectivity index (χ0n) is 11.1. The molecule has 2 atom stereocenters. The molecule has 0 spiro atoms. The molecule has 0 saturated carbocycles. The maximum atomic E-state index is 11.8. The lowest BCUT2D eigenvalue weighted by atomic mass is 9.89. The van der Waals surface area contributed by atoms with Gasteiger partial charge in [0.15, 0.2) is 0 Å². The van der Waals surface area contributed by atoms with E-state index in [1.807, 2.05) is 12.1 Å². The smallest absolute Gasteiger partial charge is 0.308 e. The van der Waals surface area contributed by atoms with Crippen LogP contribution in [0.2, 0.25) is 5.02 Å². The predicted octanol–water partition coefficient (Wildman–Crippen LogP) is 1.61. The van der Waals surface area contributed by atoms with Crippen molar-refractivity contribution < 1.29 is 19.4 Å². The van der Waals surface area contributed by atoms with E-state index in [0.717, 1.165) is 5.56 Å². The molecular formula is C14H16ClNO4. The Morgan fingerprint density at radius 3 is 2.55 bits per heavy atom. The first kappa shape index (κ1) is 14.8. The topological polar surface area (TPSA) is 66.8 Å². The minimum Gasteiger partial charge on any atom is -0.481 e. The molecule has 0 bridgehead atoms. The molecule has 1 aliphatic rings. The molecule has 1 fully saturated rings. The first-order valence-corrected chi connectivity index (χ1v) is 6.65. The van der Waals surface area contributed by atoms with Crippen molar-refractivity contribution in [3.8, 4) is 0 Å². The molecule has 20 heavy (non-hydrogen) atoms. The number of aliphatic carboxylic acids is 1. The number of nitrogens with zero attached hydrogens (tertiary/aromatic N) is 1. The summed E-state index contributed by atoms with van der Waals surface area (Å²) in [4.78, 5) is 24.8. The molecule has 0 aliphatic carbocycles. The highest BCUT2D eigenvalue weighted by molar-refractivity contribution is 6.30. The van der Waals surface area contributed by atoms with Crippen LogP contribution in [0.5, 0.6) is 0 Å². The number of amides is 1. The average molecular weight is 298 g/mol. The number of likely N-dealkylation sites (tertiary alicyclic amines) is 1. The van der Waals surface area contributed by atoms with Crippen molar-refractivity contribution in [2.75, 3.05) is 26.8 Å². The van der Waals surface area contributed by atoms with Crippen LogP contribution in [0.1, 0.15) is 11.5 Å². The summed E-state index contributed by atoms with van der Waals surface area (Å²) in [7, 11) is 1.44. The van der Waals surface area contributed by atoms with Crippen molar-refractivity contribution in [3.05, 3.63) is 34.9 Å². The Kier molecular flexibility index (Phi) is 4.62. The van der Waals surface area contributed by atoms with Crippen LogP contribution < -0.4 is 0 Å². The van der Waals surface area contributed by atoms with Gasteiger partial charge in [-0.3, -0.25) is 9.59 Å². The number of hydrogen-bond donors (Lipinski definition) is 1. The Bertz CT molecular complexity index is 502. The van der Waals surface area contributed by atoms with Gasteiger partial charge in [-0.1, -0.05) is 23.7 Å². The fraction of sp³-hybridized carbons (Fsp3) is 0.429. The minimum absolute atomic E-state index is 0.0281. The minimum atomic E-state index is -0.891. The molecule has 0 aromatic heterocycles. The van der Waals surface area contributed by atoms with Crippen LogP contribution in [-0.2, 0) is 14.3 Å². The summed E-state index contributed by atoms with van der Waals surface area (Å²) in [6.07, 6.45) is 0. The second-order valence-electron chi connectivity index (χ2n) is 4.83. The van der Waals surface area contributed by atoms with E-state index in [0.29, 0.717) is 11.6 Å². The number of rotatable bonds is 4. The quantitative estimate of drug-likeness (QED) is 0.917. The van der Waals surface area contributed by atoms with Gasteiger partial charge in [-0.25, -0.2) is 0 Å². The lowest BCUT2D eigenvalue weighted by Gasteiger charge is -2.16. The monoisotopic (exact) mass is 297 g/mol. The molecule has 6 heteroatoms. The molecule has 1 N–H and O–H groups in total. The van der Waals surface area contributed by atoms with E-state index < -0.39 is 11.9 Å². The molecule has 0 unspecified atom stereocenters. The average Bonchev–Trinajstić information content (AvgIpc) is 2.85. The van der Waals surface area contributed by atoms with Crippen molar-refractivity contribution in [2.45, 2.75) is 5.92 Å². The summed E-state index contributed by atoms with van der Waals surface area (Å²) < 4.78 is 4.81. The van der Waals surface area contributed by atoms with Crippen molar-refractivity contribution >= 4 is 23.5 Å². The van der Waals surface area contributed by atoms with Crippen molar-refractivity contribution in [1.82, 2.24) is 4.90 Å². The van der Waals surface area contributed by atoms with Gasteiger partial charge in [0.2, 0.25) is 5.91 Å². The second-order valence-corrected chi connectivity index (χ2v) is 5.27. The van der Waals surface area contributed by atoms with E-state index in [-0.39, 0.29) is 25.0 Å². The van der Waals surface area contributed by atoms with Gasteiger partial charge in [-0.2, -0.15) is 0 Å². The Morgan fingerprint density at radius 2 is 2.00 bits per heavy atom. The lowest BCUT2D eigenvalue weighted by molar-refractivity contribution is -0.142.